The van der Waals surface area contributed by atoms with Crippen molar-refractivity contribution in [2.45, 2.75) is 19.8 Å². The van der Waals surface area contributed by atoms with Gasteiger partial charge in [0.25, 0.3) is 5.91 Å². The monoisotopic (exact) mass is 262 g/mol. The molecule has 2 rings (SSSR count). The fraction of sp³-hybridized carbons (Fsp3) is 0.429. The molecule has 0 bridgehead atoms. The molecule has 0 aromatic heterocycles. The topological polar surface area (TPSA) is 83.6 Å². The molecular weight excluding hydrogens is 244 g/mol. The summed E-state index contributed by atoms with van der Waals surface area (Å²) >= 11 is 0. The zero-order valence-corrected chi connectivity index (χ0v) is 10.9. The average Bonchev–Trinajstić information content (AvgIpc) is 2.41. The van der Waals surface area contributed by atoms with Crippen LogP contribution in [0.1, 0.15) is 28.8 Å². The van der Waals surface area contributed by atoms with Crippen molar-refractivity contribution in [1.29, 1.82) is 0 Å². The number of amides is 2. The van der Waals surface area contributed by atoms with Crippen molar-refractivity contribution in [2.75, 3.05) is 13.1 Å². The third-order valence-electron chi connectivity index (χ3n) is 3.72. The number of carbonyl (C=O) groups excluding carboxylic acids is 2. The maximum Gasteiger partial charge on any atom is 0.254 e. The SMILES string of the molecule is Cc1c(O)cccc1C(=O)N1CCC(C(N)=O)CC1. The first-order chi connectivity index (χ1) is 9.00. The van der Waals surface area contributed by atoms with Crippen LogP contribution in [-0.4, -0.2) is 34.9 Å². The summed E-state index contributed by atoms with van der Waals surface area (Å²) in [6, 6.07) is 4.93. The van der Waals surface area contributed by atoms with Crippen LogP contribution < -0.4 is 5.73 Å². The fourth-order valence-electron chi connectivity index (χ4n) is 2.39. The van der Waals surface area contributed by atoms with Crippen LogP contribution in [-0.2, 0) is 4.79 Å². The van der Waals surface area contributed by atoms with E-state index in [1.165, 1.54) is 0 Å². The first-order valence-corrected chi connectivity index (χ1v) is 6.38. The van der Waals surface area contributed by atoms with E-state index >= 15 is 0 Å². The minimum Gasteiger partial charge on any atom is -0.508 e. The zero-order chi connectivity index (χ0) is 14.0. The second kappa shape index (κ2) is 5.30. The highest BCUT2D eigenvalue weighted by atomic mass is 16.3. The van der Waals surface area contributed by atoms with E-state index in [1.807, 2.05) is 0 Å². The van der Waals surface area contributed by atoms with E-state index in [2.05, 4.69) is 0 Å². The van der Waals surface area contributed by atoms with E-state index in [9.17, 15) is 14.7 Å². The molecular formula is C14H18N2O3. The van der Waals surface area contributed by atoms with Gasteiger partial charge in [-0.1, -0.05) is 6.07 Å². The number of carbonyl (C=O) groups is 2. The van der Waals surface area contributed by atoms with E-state index in [0.29, 0.717) is 37.1 Å². The van der Waals surface area contributed by atoms with Gasteiger partial charge in [0, 0.05) is 30.1 Å². The summed E-state index contributed by atoms with van der Waals surface area (Å²) in [6.45, 7) is 2.78. The van der Waals surface area contributed by atoms with Gasteiger partial charge in [-0.2, -0.15) is 0 Å². The molecule has 1 heterocycles. The zero-order valence-electron chi connectivity index (χ0n) is 10.9. The van der Waals surface area contributed by atoms with Gasteiger partial charge in [0.15, 0.2) is 0 Å². The largest absolute Gasteiger partial charge is 0.508 e. The van der Waals surface area contributed by atoms with Crippen molar-refractivity contribution in [3.05, 3.63) is 29.3 Å². The van der Waals surface area contributed by atoms with Gasteiger partial charge >= 0.3 is 0 Å². The van der Waals surface area contributed by atoms with Crippen LogP contribution in [0, 0.1) is 12.8 Å². The van der Waals surface area contributed by atoms with Gasteiger partial charge in [-0.3, -0.25) is 9.59 Å². The number of hydrogen-bond acceptors (Lipinski definition) is 3. The highest BCUT2D eigenvalue weighted by Gasteiger charge is 2.27. The predicted molar refractivity (Wildman–Crippen MR) is 70.7 cm³/mol. The quantitative estimate of drug-likeness (QED) is 0.835. The van der Waals surface area contributed by atoms with Crippen molar-refractivity contribution in [3.8, 4) is 5.75 Å². The Kier molecular flexibility index (Phi) is 3.74. The highest BCUT2D eigenvalue weighted by molar-refractivity contribution is 5.96. The highest BCUT2D eigenvalue weighted by Crippen LogP contribution is 2.23. The third-order valence-corrected chi connectivity index (χ3v) is 3.72. The molecule has 1 aliphatic rings. The number of nitrogens with two attached hydrogens (primary N) is 1. The van der Waals surface area contributed by atoms with Gasteiger partial charge in [-0.15, -0.1) is 0 Å². The number of hydrogen-bond donors (Lipinski definition) is 2. The van der Waals surface area contributed by atoms with Gasteiger partial charge in [0.2, 0.25) is 5.91 Å². The molecule has 0 spiro atoms. The standard InChI is InChI=1S/C14H18N2O3/c1-9-11(3-2-4-12(9)17)14(19)16-7-5-10(6-8-16)13(15)18/h2-4,10,17H,5-8H2,1H3,(H2,15,18). The van der Waals surface area contributed by atoms with Crippen molar-refractivity contribution in [2.24, 2.45) is 11.7 Å². The second-order valence-corrected chi connectivity index (χ2v) is 4.92. The lowest BCUT2D eigenvalue weighted by Gasteiger charge is -2.31. The van der Waals surface area contributed by atoms with Gasteiger partial charge in [0.1, 0.15) is 5.75 Å². The van der Waals surface area contributed by atoms with E-state index in [0.717, 1.165) is 0 Å². The Balaban J connectivity index is 2.09. The molecule has 1 aromatic rings. The van der Waals surface area contributed by atoms with Crippen LogP contribution in [0.25, 0.3) is 0 Å². The lowest BCUT2D eigenvalue weighted by molar-refractivity contribution is -0.123. The lowest BCUT2D eigenvalue weighted by atomic mass is 9.95. The Morgan fingerprint density at radius 3 is 2.53 bits per heavy atom. The molecule has 2 amide bonds. The normalized spacial score (nSPS) is 16.4. The summed E-state index contributed by atoms with van der Waals surface area (Å²) < 4.78 is 0. The number of piperidine rings is 1. The summed E-state index contributed by atoms with van der Waals surface area (Å²) in [5, 5.41) is 9.63. The summed E-state index contributed by atoms with van der Waals surface area (Å²) in [7, 11) is 0. The number of phenols is 1. The first kappa shape index (κ1) is 13.4. The maximum absolute atomic E-state index is 12.3. The number of benzene rings is 1. The van der Waals surface area contributed by atoms with Crippen LogP contribution in [0.5, 0.6) is 5.75 Å². The van der Waals surface area contributed by atoms with Crippen molar-refractivity contribution >= 4 is 11.8 Å². The Labute approximate surface area is 112 Å². The van der Waals surface area contributed by atoms with E-state index in [4.69, 9.17) is 5.73 Å². The molecule has 1 aromatic carbocycles. The summed E-state index contributed by atoms with van der Waals surface area (Å²) in [5.74, 6) is -0.399. The number of aromatic hydroxyl groups is 1. The van der Waals surface area contributed by atoms with Crippen LogP contribution >= 0.6 is 0 Å². The first-order valence-electron chi connectivity index (χ1n) is 6.38. The summed E-state index contributed by atoms with van der Waals surface area (Å²) in [6.07, 6.45) is 1.22. The molecule has 0 radical (unpaired) electrons. The van der Waals surface area contributed by atoms with Crippen LogP contribution in [0.2, 0.25) is 0 Å². The van der Waals surface area contributed by atoms with E-state index < -0.39 is 0 Å². The van der Waals surface area contributed by atoms with Crippen LogP contribution in [0.15, 0.2) is 18.2 Å². The molecule has 1 aliphatic heterocycles. The van der Waals surface area contributed by atoms with E-state index in [-0.39, 0.29) is 23.5 Å². The second-order valence-electron chi connectivity index (χ2n) is 4.92. The van der Waals surface area contributed by atoms with Crippen LogP contribution in [0.4, 0.5) is 0 Å². The number of rotatable bonds is 2. The number of phenolic OH excluding ortho intramolecular Hbond substituents is 1. The summed E-state index contributed by atoms with van der Waals surface area (Å²) in [4.78, 5) is 25.1. The third kappa shape index (κ3) is 2.70. The molecule has 0 atom stereocenters. The molecule has 5 nitrogen and oxygen atoms in total. The number of likely N-dealkylation sites (tertiary alicyclic amines) is 1. The molecule has 1 saturated heterocycles. The molecule has 19 heavy (non-hydrogen) atoms. The molecule has 102 valence electrons. The molecule has 0 aliphatic carbocycles. The molecule has 5 heteroatoms. The van der Waals surface area contributed by atoms with Gasteiger partial charge in [-0.25, -0.2) is 0 Å². The minimum atomic E-state index is -0.291. The van der Waals surface area contributed by atoms with E-state index in [1.54, 1.807) is 30.0 Å². The number of nitrogens with zero attached hydrogens (tertiary/aromatic N) is 1. The van der Waals surface area contributed by atoms with Gasteiger partial charge < -0.3 is 15.7 Å². The number of primary amides is 1. The van der Waals surface area contributed by atoms with Gasteiger partial charge in [-0.05, 0) is 31.9 Å². The average molecular weight is 262 g/mol. The minimum absolute atomic E-state index is 0.101. The van der Waals surface area contributed by atoms with Crippen molar-refractivity contribution in [1.82, 2.24) is 4.90 Å². The van der Waals surface area contributed by atoms with Crippen LogP contribution in [0.3, 0.4) is 0 Å². The Bertz CT molecular complexity index is 505. The maximum atomic E-state index is 12.3. The fourth-order valence-corrected chi connectivity index (χ4v) is 2.39. The van der Waals surface area contributed by atoms with Crippen molar-refractivity contribution < 1.29 is 14.7 Å². The Morgan fingerprint density at radius 1 is 1.32 bits per heavy atom. The smallest absolute Gasteiger partial charge is 0.254 e. The molecule has 0 saturated carbocycles. The summed E-state index contributed by atoms with van der Waals surface area (Å²) in [5.41, 5.74) is 6.37. The lowest BCUT2D eigenvalue weighted by Crippen LogP contribution is -2.41. The van der Waals surface area contributed by atoms with Gasteiger partial charge in [0.05, 0.1) is 0 Å². The Hall–Kier alpha value is -2.04. The molecule has 1 fully saturated rings. The Morgan fingerprint density at radius 2 is 1.95 bits per heavy atom. The predicted octanol–water partition coefficient (Wildman–Crippen LogP) is 1.04. The van der Waals surface area contributed by atoms with Crippen molar-refractivity contribution in [3.63, 3.8) is 0 Å². The molecule has 0 unspecified atom stereocenters. The molecule has 3 N–H and O–H groups in total.